The lowest BCUT2D eigenvalue weighted by Gasteiger charge is -2.19. The van der Waals surface area contributed by atoms with Crippen LogP contribution in [0.5, 0.6) is 0 Å². The minimum atomic E-state index is 0.170. The zero-order valence-corrected chi connectivity index (χ0v) is 14.0. The van der Waals surface area contributed by atoms with Crippen molar-refractivity contribution in [2.75, 3.05) is 0 Å². The van der Waals surface area contributed by atoms with Crippen molar-refractivity contribution in [3.63, 3.8) is 0 Å². The van der Waals surface area contributed by atoms with Gasteiger partial charge in [-0.05, 0) is 40.8 Å². The van der Waals surface area contributed by atoms with E-state index in [1.807, 2.05) is 0 Å². The summed E-state index contributed by atoms with van der Waals surface area (Å²) in [6.07, 6.45) is 3.22. The van der Waals surface area contributed by atoms with Crippen molar-refractivity contribution in [3.8, 4) is 0 Å². The Morgan fingerprint density at radius 3 is 2.38 bits per heavy atom. The van der Waals surface area contributed by atoms with Crippen molar-refractivity contribution in [3.05, 3.63) is 57.8 Å². The third-order valence-corrected chi connectivity index (χ3v) is 4.62. The summed E-state index contributed by atoms with van der Waals surface area (Å²) in [5.74, 6) is 0.343. The second kappa shape index (κ2) is 7.04. The average Bonchev–Trinajstić information content (AvgIpc) is 2.91. The summed E-state index contributed by atoms with van der Waals surface area (Å²) in [5.41, 5.74) is 2.61. The molecule has 0 amide bonds. The quantitative estimate of drug-likeness (QED) is 0.718. The van der Waals surface area contributed by atoms with Crippen LogP contribution in [0.15, 0.2) is 41.8 Å². The molecule has 21 heavy (non-hydrogen) atoms. The molecule has 0 bridgehead atoms. The number of Topliss-reactive ketones (excluding diaryl/α,β-unsaturated/α-hetero) is 1. The molecule has 2 aromatic rings. The van der Waals surface area contributed by atoms with E-state index in [9.17, 15) is 4.79 Å². The number of aryl methyl sites for hydroxylation is 1. The fourth-order valence-electron chi connectivity index (χ4n) is 2.35. The third-order valence-electron chi connectivity index (χ3n) is 3.68. The minimum absolute atomic E-state index is 0.170. The highest BCUT2D eigenvalue weighted by Crippen LogP contribution is 2.22. The predicted molar refractivity (Wildman–Crippen MR) is 91.1 cm³/mol. The normalized spacial score (nSPS) is 11.6. The molecule has 0 aliphatic rings. The molecule has 1 aromatic heterocycles. The molecule has 1 nitrogen and oxygen atoms in total. The van der Waals surface area contributed by atoms with E-state index >= 15 is 0 Å². The highest BCUT2D eigenvalue weighted by molar-refractivity contribution is 7.09. The molecule has 0 atom stereocenters. The molecular formula is C19H24OS. The van der Waals surface area contributed by atoms with Crippen LogP contribution in [0.25, 0.3) is 0 Å². The Labute approximate surface area is 132 Å². The van der Waals surface area contributed by atoms with Gasteiger partial charge in [-0.3, -0.25) is 4.79 Å². The van der Waals surface area contributed by atoms with Gasteiger partial charge < -0.3 is 0 Å². The summed E-state index contributed by atoms with van der Waals surface area (Å²) in [5, 5.41) is 2.09. The topological polar surface area (TPSA) is 17.1 Å². The summed E-state index contributed by atoms with van der Waals surface area (Å²) in [6.45, 7) is 6.62. The van der Waals surface area contributed by atoms with Crippen molar-refractivity contribution < 1.29 is 4.79 Å². The van der Waals surface area contributed by atoms with Crippen LogP contribution >= 0.6 is 11.3 Å². The molecule has 0 aliphatic carbocycles. The van der Waals surface area contributed by atoms with Gasteiger partial charge in [0.25, 0.3) is 0 Å². The first-order valence-corrected chi connectivity index (χ1v) is 8.46. The molecule has 0 unspecified atom stereocenters. The molecular weight excluding hydrogens is 276 g/mol. The maximum Gasteiger partial charge on any atom is 0.137 e. The highest BCUT2D eigenvalue weighted by Gasteiger charge is 2.13. The Hall–Kier alpha value is -1.41. The smallest absolute Gasteiger partial charge is 0.137 e. The van der Waals surface area contributed by atoms with Crippen LogP contribution in [-0.2, 0) is 23.1 Å². The monoisotopic (exact) mass is 300 g/mol. The SMILES string of the molecule is CC(C)(C)c1ccc(CC(=O)CCCc2cccs2)cc1. The van der Waals surface area contributed by atoms with Crippen LogP contribution in [-0.4, -0.2) is 5.78 Å². The Balaban J connectivity index is 1.79. The lowest BCUT2D eigenvalue weighted by atomic mass is 9.86. The molecule has 0 spiro atoms. The van der Waals surface area contributed by atoms with Crippen LogP contribution in [0.2, 0.25) is 0 Å². The molecule has 0 saturated heterocycles. The van der Waals surface area contributed by atoms with Crippen molar-refractivity contribution >= 4 is 17.1 Å². The van der Waals surface area contributed by atoms with Gasteiger partial charge >= 0.3 is 0 Å². The molecule has 0 saturated carbocycles. The fourth-order valence-corrected chi connectivity index (χ4v) is 3.10. The summed E-state index contributed by atoms with van der Waals surface area (Å²) in [7, 11) is 0. The van der Waals surface area contributed by atoms with Crippen molar-refractivity contribution in [2.45, 2.75) is 51.9 Å². The maximum atomic E-state index is 12.0. The van der Waals surface area contributed by atoms with Crippen LogP contribution in [0.3, 0.4) is 0 Å². The first-order valence-electron chi connectivity index (χ1n) is 7.58. The van der Waals surface area contributed by atoms with Crippen molar-refractivity contribution in [1.82, 2.24) is 0 Å². The molecule has 2 heteroatoms. The molecule has 112 valence electrons. The summed E-state index contributed by atoms with van der Waals surface area (Å²) >= 11 is 1.77. The number of ketones is 1. The molecule has 1 aromatic carbocycles. The first-order chi connectivity index (χ1) is 9.95. The number of hydrogen-bond acceptors (Lipinski definition) is 2. The van der Waals surface area contributed by atoms with E-state index in [1.165, 1.54) is 10.4 Å². The second-order valence-electron chi connectivity index (χ2n) is 6.60. The number of carbonyl (C=O) groups excluding carboxylic acids is 1. The van der Waals surface area contributed by atoms with E-state index in [-0.39, 0.29) is 5.41 Å². The number of thiophene rings is 1. The molecule has 0 fully saturated rings. The van der Waals surface area contributed by atoms with E-state index in [2.05, 4.69) is 62.5 Å². The highest BCUT2D eigenvalue weighted by atomic mass is 32.1. The van der Waals surface area contributed by atoms with Gasteiger partial charge in [0.05, 0.1) is 0 Å². The predicted octanol–water partition coefficient (Wildman–Crippen LogP) is 5.18. The maximum absolute atomic E-state index is 12.0. The molecule has 1 heterocycles. The van der Waals surface area contributed by atoms with Crippen LogP contribution in [0.1, 0.15) is 49.6 Å². The minimum Gasteiger partial charge on any atom is -0.299 e. The number of hydrogen-bond donors (Lipinski definition) is 0. The van der Waals surface area contributed by atoms with E-state index in [0.717, 1.165) is 18.4 Å². The zero-order valence-electron chi connectivity index (χ0n) is 13.2. The number of rotatable bonds is 6. The van der Waals surface area contributed by atoms with Gasteiger partial charge in [-0.2, -0.15) is 0 Å². The van der Waals surface area contributed by atoms with Crippen molar-refractivity contribution in [2.24, 2.45) is 0 Å². The molecule has 0 radical (unpaired) electrons. The Morgan fingerprint density at radius 2 is 1.81 bits per heavy atom. The van der Waals surface area contributed by atoms with Gasteiger partial charge in [0.2, 0.25) is 0 Å². The lowest BCUT2D eigenvalue weighted by molar-refractivity contribution is -0.118. The molecule has 0 aliphatic heterocycles. The van der Waals surface area contributed by atoms with Gasteiger partial charge in [-0.1, -0.05) is 51.1 Å². The van der Waals surface area contributed by atoms with Gasteiger partial charge in [-0.25, -0.2) is 0 Å². The second-order valence-corrected chi connectivity index (χ2v) is 7.63. The zero-order chi connectivity index (χ0) is 15.3. The number of carbonyl (C=O) groups is 1. The summed E-state index contributed by atoms with van der Waals surface area (Å²) in [6, 6.07) is 12.7. The van der Waals surface area contributed by atoms with Gasteiger partial charge in [0, 0.05) is 17.7 Å². The summed E-state index contributed by atoms with van der Waals surface area (Å²) < 4.78 is 0. The average molecular weight is 300 g/mol. The van der Waals surface area contributed by atoms with E-state index in [0.29, 0.717) is 18.6 Å². The van der Waals surface area contributed by atoms with Crippen LogP contribution in [0.4, 0.5) is 0 Å². The first kappa shape index (κ1) is 16.0. The van der Waals surface area contributed by atoms with Gasteiger partial charge in [-0.15, -0.1) is 11.3 Å². The Bertz CT molecular complexity index is 559. The number of benzene rings is 1. The van der Waals surface area contributed by atoms with E-state index in [1.54, 1.807) is 11.3 Å². The van der Waals surface area contributed by atoms with Crippen LogP contribution < -0.4 is 0 Å². The van der Waals surface area contributed by atoms with Gasteiger partial charge in [0.1, 0.15) is 5.78 Å². The van der Waals surface area contributed by atoms with Crippen molar-refractivity contribution in [1.29, 1.82) is 0 Å². The fraction of sp³-hybridized carbons (Fsp3) is 0.421. The Kier molecular flexibility index (Phi) is 5.35. The van der Waals surface area contributed by atoms with Gasteiger partial charge in [0.15, 0.2) is 0 Å². The van der Waals surface area contributed by atoms with E-state index in [4.69, 9.17) is 0 Å². The lowest BCUT2D eigenvalue weighted by Crippen LogP contribution is -2.11. The van der Waals surface area contributed by atoms with E-state index < -0.39 is 0 Å². The van der Waals surface area contributed by atoms with Crippen LogP contribution in [0, 0.1) is 0 Å². The standard InChI is InChI=1S/C19H24OS/c1-19(2,3)16-11-9-15(10-12-16)14-17(20)6-4-7-18-8-5-13-21-18/h5,8-13H,4,6-7,14H2,1-3H3. The molecule has 2 rings (SSSR count). The largest absolute Gasteiger partial charge is 0.299 e. The summed E-state index contributed by atoms with van der Waals surface area (Å²) in [4.78, 5) is 13.4. The third kappa shape index (κ3) is 5.13. The molecule has 0 N–H and O–H groups in total. The Morgan fingerprint density at radius 1 is 1.10 bits per heavy atom.